The van der Waals surface area contributed by atoms with E-state index in [2.05, 4.69) is 63.3 Å². The molecule has 0 aliphatic rings. The Kier molecular flexibility index (Phi) is 4.83. The van der Waals surface area contributed by atoms with Gasteiger partial charge in [0, 0.05) is 12.1 Å². The first-order valence-corrected chi connectivity index (χ1v) is 5.89. The third-order valence-corrected chi connectivity index (χ3v) is 2.65. The average molecular weight is 205 g/mol. The molecule has 0 saturated heterocycles. The van der Waals surface area contributed by atoms with Crippen LogP contribution < -0.4 is 5.32 Å². The molecule has 1 heteroatoms. The van der Waals surface area contributed by atoms with E-state index in [-0.39, 0.29) is 0 Å². The molecule has 1 rings (SSSR count). The van der Waals surface area contributed by atoms with Gasteiger partial charge in [-0.05, 0) is 17.9 Å². The van der Waals surface area contributed by atoms with Gasteiger partial charge in [-0.1, -0.05) is 58.0 Å². The molecule has 1 aromatic carbocycles. The molecule has 0 saturated carbocycles. The topological polar surface area (TPSA) is 12.0 Å². The Morgan fingerprint density at radius 2 is 1.60 bits per heavy atom. The Labute approximate surface area is 93.9 Å². The van der Waals surface area contributed by atoms with Crippen molar-refractivity contribution in [2.45, 2.75) is 46.2 Å². The fraction of sp³-hybridized carbons (Fsp3) is 0.571. The summed E-state index contributed by atoms with van der Waals surface area (Å²) in [6.07, 6.45) is 1.12. The van der Waals surface area contributed by atoms with Crippen molar-refractivity contribution in [2.24, 2.45) is 5.92 Å². The highest BCUT2D eigenvalue weighted by molar-refractivity contribution is 5.16. The van der Waals surface area contributed by atoms with Crippen molar-refractivity contribution in [3.63, 3.8) is 0 Å². The summed E-state index contributed by atoms with van der Waals surface area (Å²) in [5.41, 5.74) is 1.42. The van der Waals surface area contributed by atoms with Crippen LogP contribution in [0.3, 0.4) is 0 Å². The summed E-state index contributed by atoms with van der Waals surface area (Å²) in [4.78, 5) is 0. The maximum Gasteiger partial charge on any atom is 0.0133 e. The van der Waals surface area contributed by atoms with E-state index in [1.54, 1.807) is 0 Å². The first-order chi connectivity index (χ1) is 7.09. The van der Waals surface area contributed by atoms with Gasteiger partial charge in [-0.25, -0.2) is 0 Å². The third-order valence-electron chi connectivity index (χ3n) is 2.65. The van der Waals surface area contributed by atoms with E-state index < -0.39 is 0 Å². The molecule has 1 aromatic rings. The van der Waals surface area contributed by atoms with Gasteiger partial charge in [-0.3, -0.25) is 0 Å². The molecule has 15 heavy (non-hydrogen) atoms. The van der Waals surface area contributed by atoms with E-state index in [4.69, 9.17) is 0 Å². The van der Waals surface area contributed by atoms with Gasteiger partial charge in [0.05, 0.1) is 0 Å². The van der Waals surface area contributed by atoms with E-state index in [1.807, 2.05) is 0 Å². The molecule has 84 valence electrons. The average Bonchev–Trinajstić information content (AvgIpc) is 2.17. The smallest absolute Gasteiger partial charge is 0.0133 e. The number of rotatable bonds is 5. The lowest BCUT2D eigenvalue weighted by Crippen LogP contribution is -2.40. The van der Waals surface area contributed by atoms with Crippen LogP contribution in [0.25, 0.3) is 0 Å². The maximum absolute atomic E-state index is 3.63. The van der Waals surface area contributed by atoms with E-state index in [1.165, 1.54) is 5.56 Å². The molecule has 0 unspecified atom stereocenters. The largest absolute Gasteiger partial charge is 0.311 e. The van der Waals surface area contributed by atoms with Crippen molar-refractivity contribution >= 4 is 0 Å². The van der Waals surface area contributed by atoms with Gasteiger partial charge in [0.1, 0.15) is 0 Å². The molecule has 0 aromatic heterocycles. The Hall–Kier alpha value is -0.820. The summed E-state index contributed by atoms with van der Waals surface area (Å²) in [6.45, 7) is 8.98. The highest BCUT2D eigenvalue weighted by atomic mass is 14.9. The van der Waals surface area contributed by atoms with E-state index in [0.29, 0.717) is 18.0 Å². The molecule has 0 aliphatic heterocycles. The number of hydrogen-bond donors (Lipinski definition) is 1. The molecule has 0 amide bonds. The zero-order valence-electron chi connectivity index (χ0n) is 10.3. The first kappa shape index (κ1) is 12.3. The summed E-state index contributed by atoms with van der Waals surface area (Å²) in [7, 11) is 0. The van der Waals surface area contributed by atoms with E-state index in [0.717, 1.165) is 6.42 Å². The molecule has 0 heterocycles. The second-order valence-electron chi connectivity index (χ2n) is 4.86. The maximum atomic E-state index is 3.63. The summed E-state index contributed by atoms with van der Waals surface area (Å²) in [5.74, 6) is 0.674. The van der Waals surface area contributed by atoms with Crippen LogP contribution in [-0.4, -0.2) is 12.1 Å². The summed E-state index contributed by atoms with van der Waals surface area (Å²) < 4.78 is 0. The van der Waals surface area contributed by atoms with Crippen LogP contribution in [0, 0.1) is 5.92 Å². The van der Waals surface area contributed by atoms with Crippen LogP contribution in [0.4, 0.5) is 0 Å². The lowest BCUT2D eigenvalue weighted by atomic mass is 9.96. The molecule has 0 radical (unpaired) electrons. The first-order valence-electron chi connectivity index (χ1n) is 5.89. The van der Waals surface area contributed by atoms with Gasteiger partial charge < -0.3 is 5.32 Å². The Balaban J connectivity index is 2.59. The number of hydrogen-bond acceptors (Lipinski definition) is 1. The van der Waals surface area contributed by atoms with Crippen molar-refractivity contribution in [2.75, 3.05) is 0 Å². The molecule has 0 aliphatic carbocycles. The van der Waals surface area contributed by atoms with Gasteiger partial charge >= 0.3 is 0 Å². The second kappa shape index (κ2) is 5.92. The second-order valence-corrected chi connectivity index (χ2v) is 4.86. The molecule has 1 atom stereocenters. The minimum Gasteiger partial charge on any atom is -0.311 e. The van der Waals surface area contributed by atoms with Crippen LogP contribution >= 0.6 is 0 Å². The highest BCUT2D eigenvalue weighted by Crippen LogP contribution is 2.10. The lowest BCUT2D eigenvalue weighted by molar-refractivity contribution is 0.368. The predicted molar refractivity (Wildman–Crippen MR) is 67.0 cm³/mol. The van der Waals surface area contributed by atoms with Gasteiger partial charge in [0.15, 0.2) is 0 Å². The molecule has 0 spiro atoms. The quantitative estimate of drug-likeness (QED) is 0.778. The summed E-state index contributed by atoms with van der Waals surface area (Å²) in [6, 6.07) is 11.8. The lowest BCUT2D eigenvalue weighted by Gasteiger charge is -2.25. The molecular formula is C14H23N. The van der Waals surface area contributed by atoms with Gasteiger partial charge in [-0.2, -0.15) is 0 Å². The minimum absolute atomic E-state index is 0.557. The molecule has 1 nitrogen and oxygen atoms in total. The van der Waals surface area contributed by atoms with Gasteiger partial charge in [-0.15, -0.1) is 0 Å². The van der Waals surface area contributed by atoms with Crippen LogP contribution in [0.5, 0.6) is 0 Å². The number of nitrogens with one attached hydrogen (secondary N) is 1. The molecule has 0 bridgehead atoms. The minimum atomic E-state index is 0.557. The van der Waals surface area contributed by atoms with Crippen molar-refractivity contribution in [1.29, 1.82) is 0 Å². The molecular weight excluding hydrogens is 182 g/mol. The van der Waals surface area contributed by atoms with Crippen molar-refractivity contribution < 1.29 is 0 Å². The Bertz CT molecular complexity index is 264. The fourth-order valence-corrected chi connectivity index (χ4v) is 1.78. The normalized spacial score (nSPS) is 13.5. The third kappa shape index (κ3) is 4.48. The van der Waals surface area contributed by atoms with Crippen LogP contribution in [-0.2, 0) is 6.42 Å². The van der Waals surface area contributed by atoms with Gasteiger partial charge in [0.25, 0.3) is 0 Å². The Morgan fingerprint density at radius 3 is 2.07 bits per heavy atom. The molecule has 1 N–H and O–H groups in total. The standard InChI is InChI=1S/C14H23N/c1-11(2)14(15-12(3)4)10-13-8-6-5-7-9-13/h5-9,11-12,14-15H,10H2,1-4H3/t14-/m1/s1. The van der Waals surface area contributed by atoms with Gasteiger partial charge in [0.2, 0.25) is 0 Å². The zero-order chi connectivity index (χ0) is 11.3. The SMILES string of the molecule is CC(C)N[C@H](Cc1ccccc1)C(C)C. The Morgan fingerprint density at radius 1 is 1.00 bits per heavy atom. The fourth-order valence-electron chi connectivity index (χ4n) is 1.78. The highest BCUT2D eigenvalue weighted by Gasteiger charge is 2.14. The zero-order valence-corrected chi connectivity index (χ0v) is 10.3. The monoisotopic (exact) mass is 205 g/mol. The predicted octanol–water partition coefficient (Wildman–Crippen LogP) is 3.25. The van der Waals surface area contributed by atoms with Crippen molar-refractivity contribution in [3.8, 4) is 0 Å². The van der Waals surface area contributed by atoms with Crippen LogP contribution in [0.15, 0.2) is 30.3 Å². The summed E-state index contributed by atoms with van der Waals surface area (Å²) in [5, 5.41) is 3.63. The van der Waals surface area contributed by atoms with E-state index in [9.17, 15) is 0 Å². The van der Waals surface area contributed by atoms with Crippen LogP contribution in [0.1, 0.15) is 33.3 Å². The summed E-state index contributed by atoms with van der Waals surface area (Å²) >= 11 is 0. The van der Waals surface area contributed by atoms with Crippen molar-refractivity contribution in [1.82, 2.24) is 5.32 Å². The van der Waals surface area contributed by atoms with Crippen LogP contribution in [0.2, 0.25) is 0 Å². The van der Waals surface area contributed by atoms with E-state index >= 15 is 0 Å². The van der Waals surface area contributed by atoms with Crippen molar-refractivity contribution in [3.05, 3.63) is 35.9 Å². The molecule has 0 fully saturated rings. The number of benzene rings is 1.